The third-order valence-electron chi connectivity index (χ3n) is 2.35. The molecule has 0 spiro atoms. The number of nitrogens with one attached hydrogen (secondary N) is 1. The number of nitrogens with two attached hydrogens (primary N) is 1. The molecule has 0 radical (unpaired) electrons. The molecule has 0 bridgehead atoms. The monoisotopic (exact) mass is 243 g/mol. The normalized spacial score (nSPS) is 10.0. The van der Waals surface area contributed by atoms with Gasteiger partial charge in [0.05, 0.1) is 0 Å². The quantitative estimate of drug-likeness (QED) is 0.827. The van der Waals surface area contributed by atoms with Crippen molar-refractivity contribution in [1.82, 2.24) is 20.0 Å². The molecule has 2 aromatic rings. The van der Waals surface area contributed by atoms with Crippen LogP contribution in [0.5, 0.6) is 0 Å². The average molecular weight is 243 g/mol. The van der Waals surface area contributed by atoms with Gasteiger partial charge in [-0.15, -0.1) is 10.2 Å². The van der Waals surface area contributed by atoms with Crippen molar-refractivity contribution in [2.24, 2.45) is 0 Å². The lowest BCUT2D eigenvalue weighted by atomic mass is 10.3. The van der Waals surface area contributed by atoms with Crippen LogP contribution in [0.4, 0.5) is 11.6 Å². The van der Waals surface area contributed by atoms with Crippen LogP contribution in [-0.4, -0.2) is 26.5 Å². The lowest BCUT2D eigenvalue weighted by molar-refractivity contribution is 0.820. The summed E-state index contributed by atoms with van der Waals surface area (Å²) >= 11 is 0. The highest BCUT2D eigenvalue weighted by Gasteiger charge is 2.16. The summed E-state index contributed by atoms with van der Waals surface area (Å²) < 4.78 is 1.41. The molecule has 3 N–H and O–H groups in total. The number of nitrogens with zero attached hydrogens (tertiary/aromatic N) is 5. The van der Waals surface area contributed by atoms with Crippen LogP contribution < -0.4 is 11.1 Å². The summed E-state index contributed by atoms with van der Waals surface area (Å²) in [5.74, 6) is 1.22. The number of rotatable bonds is 4. The van der Waals surface area contributed by atoms with Crippen molar-refractivity contribution in [3.05, 3.63) is 23.9 Å². The van der Waals surface area contributed by atoms with Crippen LogP contribution in [-0.2, 0) is 0 Å². The van der Waals surface area contributed by atoms with E-state index >= 15 is 0 Å². The molecule has 7 heteroatoms. The molecule has 0 amide bonds. The Balaban J connectivity index is 2.44. The summed E-state index contributed by atoms with van der Waals surface area (Å²) in [5, 5.41) is 24.1. The van der Waals surface area contributed by atoms with E-state index in [0.29, 0.717) is 17.2 Å². The molecule has 2 heterocycles. The summed E-state index contributed by atoms with van der Waals surface area (Å²) in [5.41, 5.74) is 6.22. The van der Waals surface area contributed by atoms with E-state index in [1.54, 1.807) is 18.3 Å². The first-order valence-corrected chi connectivity index (χ1v) is 5.58. The maximum Gasteiger partial charge on any atom is 0.178 e. The van der Waals surface area contributed by atoms with Gasteiger partial charge in [0.1, 0.15) is 17.5 Å². The fraction of sp³-hybridized carbons (Fsp3) is 0.273. The Morgan fingerprint density at radius 1 is 1.56 bits per heavy atom. The predicted octanol–water partition coefficient (Wildman–Crippen LogP) is 0.938. The third kappa shape index (κ3) is 2.08. The molecule has 0 fully saturated rings. The first-order chi connectivity index (χ1) is 8.77. The van der Waals surface area contributed by atoms with Crippen LogP contribution in [0.2, 0.25) is 0 Å². The molecule has 2 aromatic heterocycles. The molecule has 0 atom stereocenters. The first-order valence-electron chi connectivity index (χ1n) is 5.58. The standard InChI is InChI=1S/C11H13N7/c1-2-5-14-11-8(7-12)10(13)18(17-11)9-4-3-6-15-16-9/h3-4,6H,2,5,13H2,1H3,(H,14,17). The second-order valence-corrected chi connectivity index (χ2v) is 3.64. The Bertz CT molecular complexity index is 567. The molecule has 0 unspecified atom stereocenters. The van der Waals surface area contributed by atoms with E-state index in [2.05, 4.69) is 20.6 Å². The fourth-order valence-electron chi connectivity index (χ4n) is 1.49. The summed E-state index contributed by atoms with van der Waals surface area (Å²) in [6.45, 7) is 2.76. The lowest BCUT2D eigenvalue weighted by Gasteiger charge is -2.00. The minimum atomic E-state index is 0.261. The van der Waals surface area contributed by atoms with Crippen molar-refractivity contribution >= 4 is 11.6 Å². The van der Waals surface area contributed by atoms with E-state index in [9.17, 15) is 0 Å². The SMILES string of the molecule is CCCNc1nn(-c2cccnn2)c(N)c1C#N. The van der Waals surface area contributed by atoms with Crippen LogP contribution in [0.1, 0.15) is 18.9 Å². The molecule has 0 aromatic carbocycles. The summed E-state index contributed by atoms with van der Waals surface area (Å²) in [6, 6.07) is 5.50. The predicted molar refractivity (Wildman–Crippen MR) is 67.1 cm³/mol. The van der Waals surface area contributed by atoms with Gasteiger partial charge in [0.25, 0.3) is 0 Å². The van der Waals surface area contributed by atoms with Gasteiger partial charge < -0.3 is 11.1 Å². The zero-order valence-corrected chi connectivity index (χ0v) is 9.96. The van der Waals surface area contributed by atoms with E-state index in [1.165, 1.54) is 4.68 Å². The molecular weight excluding hydrogens is 230 g/mol. The van der Waals surface area contributed by atoms with Gasteiger partial charge in [0, 0.05) is 12.7 Å². The van der Waals surface area contributed by atoms with E-state index in [1.807, 2.05) is 13.0 Å². The number of aromatic nitrogens is 4. The van der Waals surface area contributed by atoms with Crippen LogP contribution in [0.25, 0.3) is 5.82 Å². The molecule has 18 heavy (non-hydrogen) atoms. The Morgan fingerprint density at radius 3 is 3.00 bits per heavy atom. The fourth-order valence-corrected chi connectivity index (χ4v) is 1.49. The van der Waals surface area contributed by atoms with Crippen molar-refractivity contribution in [3.63, 3.8) is 0 Å². The summed E-state index contributed by atoms with van der Waals surface area (Å²) in [4.78, 5) is 0. The smallest absolute Gasteiger partial charge is 0.178 e. The minimum absolute atomic E-state index is 0.261. The number of nitrogen functional groups attached to an aromatic ring is 1. The zero-order chi connectivity index (χ0) is 13.0. The molecule has 0 aliphatic heterocycles. The molecule has 0 saturated carbocycles. The average Bonchev–Trinajstić information content (AvgIpc) is 2.73. The van der Waals surface area contributed by atoms with Gasteiger partial charge in [-0.3, -0.25) is 0 Å². The maximum absolute atomic E-state index is 9.10. The van der Waals surface area contributed by atoms with Crippen molar-refractivity contribution in [2.45, 2.75) is 13.3 Å². The Labute approximate surface area is 104 Å². The Hall–Kier alpha value is -2.62. The van der Waals surface area contributed by atoms with Crippen molar-refractivity contribution in [3.8, 4) is 11.9 Å². The maximum atomic E-state index is 9.10. The highest BCUT2D eigenvalue weighted by molar-refractivity contribution is 5.65. The van der Waals surface area contributed by atoms with Crippen molar-refractivity contribution < 1.29 is 0 Å². The molecule has 7 nitrogen and oxygen atoms in total. The van der Waals surface area contributed by atoms with Gasteiger partial charge in [-0.1, -0.05) is 6.92 Å². The lowest BCUT2D eigenvalue weighted by Crippen LogP contribution is -2.05. The van der Waals surface area contributed by atoms with Gasteiger partial charge in [-0.2, -0.15) is 15.0 Å². The molecular formula is C11H13N7. The van der Waals surface area contributed by atoms with Gasteiger partial charge in [-0.05, 0) is 18.6 Å². The highest BCUT2D eigenvalue weighted by atomic mass is 15.4. The number of anilines is 2. The van der Waals surface area contributed by atoms with E-state index in [0.717, 1.165) is 13.0 Å². The largest absolute Gasteiger partial charge is 0.382 e. The highest BCUT2D eigenvalue weighted by Crippen LogP contribution is 2.22. The van der Waals surface area contributed by atoms with E-state index in [4.69, 9.17) is 11.0 Å². The molecule has 0 aliphatic rings. The summed E-state index contributed by atoms with van der Waals surface area (Å²) in [6.07, 6.45) is 2.49. The van der Waals surface area contributed by atoms with Crippen molar-refractivity contribution in [2.75, 3.05) is 17.6 Å². The van der Waals surface area contributed by atoms with Gasteiger partial charge in [0.2, 0.25) is 0 Å². The minimum Gasteiger partial charge on any atom is -0.382 e. The number of nitriles is 1. The molecule has 0 saturated heterocycles. The second-order valence-electron chi connectivity index (χ2n) is 3.64. The van der Waals surface area contributed by atoms with Gasteiger partial charge in [0.15, 0.2) is 11.6 Å². The van der Waals surface area contributed by atoms with Crippen LogP contribution in [0.3, 0.4) is 0 Å². The zero-order valence-electron chi connectivity index (χ0n) is 9.96. The molecule has 0 aliphatic carbocycles. The first kappa shape index (κ1) is 11.9. The third-order valence-corrected chi connectivity index (χ3v) is 2.35. The topological polar surface area (TPSA) is 105 Å². The van der Waals surface area contributed by atoms with E-state index in [-0.39, 0.29) is 5.82 Å². The van der Waals surface area contributed by atoms with Gasteiger partial charge in [-0.25, -0.2) is 0 Å². The molecule has 2 rings (SSSR count). The summed E-state index contributed by atoms with van der Waals surface area (Å²) in [7, 11) is 0. The van der Waals surface area contributed by atoms with Gasteiger partial charge >= 0.3 is 0 Å². The van der Waals surface area contributed by atoms with E-state index < -0.39 is 0 Å². The van der Waals surface area contributed by atoms with Crippen LogP contribution in [0, 0.1) is 11.3 Å². The Kier molecular flexibility index (Phi) is 3.38. The van der Waals surface area contributed by atoms with Crippen molar-refractivity contribution in [1.29, 1.82) is 5.26 Å². The Morgan fingerprint density at radius 2 is 2.39 bits per heavy atom. The van der Waals surface area contributed by atoms with Crippen LogP contribution in [0.15, 0.2) is 18.3 Å². The second kappa shape index (κ2) is 5.14. The molecule has 92 valence electrons. The number of hydrogen-bond acceptors (Lipinski definition) is 6. The number of hydrogen-bond donors (Lipinski definition) is 2. The van der Waals surface area contributed by atoms with Crippen LogP contribution >= 0.6 is 0 Å².